The maximum atomic E-state index is 11.9. The highest BCUT2D eigenvalue weighted by Gasteiger charge is 2.59. The van der Waals surface area contributed by atoms with Crippen molar-refractivity contribution in [1.29, 1.82) is 0 Å². The van der Waals surface area contributed by atoms with Gasteiger partial charge in [0, 0.05) is 6.04 Å². The summed E-state index contributed by atoms with van der Waals surface area (Å²) in [5.41, 5.74) is 0.850. The second kappa shape index (κ2) is 5.54. The summed E-state index contributed by atoms with van der Waals surface area (Å²) < 4.78 is 10.8. The van der Waals surface area contributed by atoms with Crippen molar-refractivity contribution in [2.45, 2.75) is 37.5 Å². The van der Waals surface area contributed by atoms with Gasteiger partial charge in [0.1, 0.15) is 5.54 Å². The fourth-order valence-electron chi connectivity index (χ4n) is 3.57. The van der Waals surface area contributed by atoms with E-state index in [1.807, 2.05) is 18.2 Å². The van der Waals surface area contributed by atoms with Gasteiger partial charge in [0.2, 0.25) is 0 Å². The maximum Gasteiger partial charge on any atom is 0.326 e. The van der Waals surface area contributed by atoms with E-state index >= 15 is 0 Å². The molecular weight excluding hydrogens is 254 g/mol. The van der Waals surface area contributed by atoms with Gasteiger partial charge in [0.25, 0.3) is 0 Å². The monoisotopic (exact) mass is 275 g/mol. The van der Waals surface area contributed by atoms with Crippen LogP contribution in [0.5, 0.6) is 0 Å². The van der Waals surface area contributed by atoms with Gasteiger partial charge >= 0.3 is 5.97 Å². The van der Waals surface area contributed by atoms with Crippen molar-refractivity contribution in [3.05, 3.63) is 35.9 Å². The van der Waals surface area contributed by atoms with Crippen LogP contribution < -0.4 is 0 Å². The van der Waals surface area contributed by atoms with Crippen LogP contribution in [0.3, 0.4) is 0 Å². The van der Waals surface area contributed by atoms with Gasteiger partial charge in [-0.25, -0.2) is 0 Å². The molecule has 0 radical (unpaired) electrons. The van der Waals surface area contributed by atoms with E-state index in [4.69, 9.17) is 9.47 Å². The van der Waals surface area contributed by atoms with Crippen LogP contribution in [0.2, 0.25) is 0 Å². The quantitative estimate of drug-likeness (QED) is 0.770. The Balaban J connectivity index is 1.50. The Morgan fingerprint density at radius 3 is 2.95 bits per heavy atom. The fraction of sp³-hybridized carbons (Fsp3) is 0.562. The number of hydrogen-bond donors (Lipinski definition) is 0. The molecule has 4 heteroatoms. The molecule has 1 aromatic rings. The van der Waals surface area contributed by atoms with E-state index in [1.54, 1.807) is 0 Å². The minimum absolute atomic E-state index is 0.0747. The summed E-state index contributed by atoms with van der Waals surface area (Å²) >= 11 is 0. The third-order valence-corrected chi connectivity index (χ3v) is 4.54. The van der Waals surface area contributed by atoms with Gasteiger partial charge in [-0.15, -0.1) is 0 Å². The predicted octanol–water partition coefficient (Wildman–Crippen LogP) is 1.98. The lowest BCUT2D eigenvalue weighted by molar-refractivity contribution is -0.171. The normalized spacial score (nSPS) is 28.8. The van der Waals surface area contributed by atoms with Crippen LogP contribution in [0, 0.1) is 0 Å². The Bertz CT molecular complexity index is 476. The van der Waals surface area contributed by atoms with E-state index in [0.29, 0.717) is 19.3 Å². The van der Waals surface area contributed by atoms with Crippen molar-refractivity contribution < 1.29 is 14.3 Å². The third kappa shape index (κ3) is 2.23. The van der Waals surface area contributed by atoms with Gasteiger partial charge in [-0.2, -0.15) is 0 Å². The van der Waals surface area contributed by atoms with Crippen molar-refractivity contribution in [2.24, 2.45) is 0 Å². The number of benzene rings is 1. The number of fused-ring (bicyclic) bond motifs is 1. The standard InChI is InChI=1S/C16H21NO3/c1-19-15(18)16-8-5-9-17(16)14(10-16)12-20-11-13-6-3-2-4-7-13/h2-4,6-7,14H,5,8-12H2,1H3/t14-,16+/m1/s1. The highest BCUT2D eigenvalue weighted by Crippen LogP contribution is 2.46. The van der Waals surface area contributed by atoms with Crippen LogP contribution in [0.25, 0.3) is 0 Å². The summed E-state index contributed by atoms with van der Waals surface area (Å²) in [6, 6.07) is 10.5. The van der Waals surface area contributed by atoms with E-state index in [0.717, 1.165) is 25.8 Å². The lowest BCUT2D eigenvalue weighted by Gasteiger charge is -2.52. The Hall–Kier alpha value is -1.39. The SMILES string of the molecule is COC(=O)[C@@]12CCCN1[C@@H](COCc1ccccc1)C2. The molecule has 0 N–H and O–H groups in total. The van der Waals surface area contributed by atoms with Crippen molar-refractivity contribution in [2.75, 3.05) is 20.3 Å². The maximum absolute atomic E-state index is 11.9. The number of ether oxygens (including phenoxy) is 2. The number of rotatable bonds is 5. The van der Waals surface area contributed by atoms with Crippen molar-refractivity contribution >= 4 is 5.97 Å². The predicted molar refractivity (Wildman–Crippen MR) is 75.2 cm³/mol. The van der Waals surface area contributed by atoms with E-state index in [2.05, 4.69) is 17.0 Å². The van der Waals surface area contributed by atoms with Gasteiger partial charge in [-0.3, -0.25) is 9.69 Å². The topological polar surface area (TPSA) is 38.8 Å². The Kier molecular flexibility index (Phi) is 3.76. The van der Waals surface area contributed by atoms with E-state index < -0.39 is 0 Å². The van der Waals surface area contributed by atoms with Crippen LogP contribution >= 0.6 is 0 Å². The first-order valence-electron chi connectivity index (χ1n) is 7.23. The number of esters is 1. The molecule has 3 rings (SSSR count). The molecule has 0 aliphatic carbocycles. The third-order valence-electron chi connectivity index (χ3n) is 4.54. The van der Waals surface area contributed by atoms with Gasteiger partial charge in [-0.05, 0) is 31.4 Å². The van der Waals surface area contributed by atoms with E-state index in [-0.39, 0.29) is 11.5 Å². The second-order valence-electron chi connectivity index (χ2n) is 5.68. The van der Waals surface area contributed by atoms with Gasteiger partial charge in [-0.1, -0.05) is 30.3 Å². The first kappa shape index (κ1) is 13.6. The molecule has 0 aromatic heterocycles. The summed E-state index contributed by atoms with van der Waals surface area (Å²) in [7, 11) is 1.48. The lowest BCUT2D eigenvalue weighted by Crippen LogP contribution is -2.68. The molecular formula is C16H21NO3. The lowest BCUT2D eigenvalue weighted by atomic mass is 9.79. The van der Waals surface area contributed by atoms with Crippen LogP contribution in [-0.4, -0.2) is 42.7 Å². The summed E-state index contributed by atoms with van der Waals surface area (Å²) in [6.07, 6.45) is 2.87. The zero-order valence-electron chi connectivity index (χ0n) is 11.9. The summed E-state index contributed by atoms with van der Waals surface area (Å²) in [4.78, 5) is 14.2. The highest BCUT2D eigenvalue weighted by atomic mass is 16.5. The van der Waals surface area contributed by atoms with Gasteiger partial charge in [0.15, 0.2) is 0 Å². The molecule has 2 saturated heterocycles. The molecule has 2 aliphatic rings. The second-order valence-corrected chi connectivity index (χ2v) is 5.68. The molecule has 0 saturated carbocycles. The van der Waals surface area contributed by atoms with Gasteiger partial charge < -0.3 is 9.47 Å². The molecule has 0 bridgehead atoms. The number of carbonyl (C=O) groups is 1. The Labute approximate surface area is 119 Å². The van der Waals surface area contributed by atoms with Crippen LogP contribution in [-0.2, 0) is 20.9 Å². The summed E-state index contributed by atoms with van der Waals surface area (Å²) in [5, 5.41) is 0. The molecule has 2 atom stereocenters. The summed E-state index contributed by atoms with van der Waals surface area (Å²) in [6.45, 7) is 2.30. The minimum atomic E-state index is -0.338. The average Bonchev–Trinajstić information content (AvgIpc) is 2.81. The molecule has 2 aliphatic heterocycles. The molecule has 20 heavy (non-hydrogen) atoms. The van der Waals surface area contributed by atoms with E-state index in [1.165, 1.54) is 12.7 Å². The highest BCUT2D eigenvalue weighted by molar-refractivity contribution is 5.82. The number of nitrogens with zero attached hydrogens (tertiary/aromatic N) is 1. The van der Waals surface area contributed by atoms with Crippen LogP contribution in [0.4, 0.5) is 0 Å². The van der Waals surface area contributed by atoms with Crippen molar-refractivity contribution in [3.8, 4) is 0 Å². The van der Waals surface area contributed by atoms with Crippen LogP contribution in [0.15, 0.2) is 30.3 Å². The number of methoxy groups -OCH3 is 1. The molecule has 0 spiro atoms. The molecule has 2 heterocycles. The molecule has 108 valence electrons. The molecule has 4 nitrogen and oxygen atoms in total. The van der Waals surface area contributed by atoms with Crippen molar-refractivity contribution in [3.63, 3.8) is 0 Å². The van der Waals surface area contributed by atoms with E-state index in [9.17, 15) is 4.79 Å². The number of hydrogen-bond acceptors (Lipinski definition) is 4. The Morgan fingerprint density at radius 1 is 1.40 bits per heavy atom. The molecule has 0 amide bonds. The van der Waals surface area contributed by atoms with Crippen molar-refractivity contribution in [1.82, 2.24) is 4.90 Å². The molecule has 0 unspecified atom stereocenters. The largest absolute Gasteiger partial charge is 0.468 e. The van der Waals surface area contributed by atoms with Gasteiger partial charge in [0.05, 0.1) is 20.3 Å². The first-order valence-corrected chi connectivity index (χ1v) is 7.23. The smallest absolute Gasteiger partial charge is 0.326 e. The average molecular weight is 275 g/mol. The number of carbonyl (C=O) groups excluding carboxylic acids is 1. The first-order chi connectivity index (χ1) is 9.76. The molecule has 2 fully saturated rings. The Morgan fingerprint density at radius 2 is 2.20 bits per heavy atom. The summed E-state index contributed by atoms with van der Waals surface area (Å²) in [5.74, 6) is -0.0747. The zero-order chi connectivity index (χ0) is 14.0. The molecule has 1 aromatic carbocycles. The van der Waals surface area contributed by atoms with Crippen LogP contribution in [0.1, 0.15) is 24.8 Å². The zero-order valence-corrected chi connectivity index (χ0v) is 11.9. The minimum Gasteiger partial charge on any atom is -0.468 e. The fourth-order valence-corrected chi connectivity index (χ4v) is 3.57.